The fourth-order valence-electron chi connectivity index (χ4n) is 1.91. The summed E-state index contributed by atoms with van der Waals surface area (Å²) in [6, 6.07) is 5.48. The fraction of sp³-hybridized carbons (Fsp3) is 0.500. The zero-order valence-corrected chi connectivity index (χ0v) is 9.73. The average molecular weight is 219 g/mol. The van der Waals surface area contributed by atoms with E-state index in [1.807, 2.05) is 26.0 Å². The van der Waals surface area contributed by atoms with Crippen molar-refractivity contribution >= 4 is 5.91 Å². The van der Waals surface area contributed by atoms with Gasteiger partial charge in [0.25, 0.3) is 5.91 Å². The van der Waals surface area contributed by atoms with Gasteiger partial charge in [0.1, 0.15) is 5.69 Å². The Morgan fingerprint density at radius 3 is 2.81 bits per heavy atom. The van der Waals surface area contributed by atoms with Crippen LogP contribution >= 0.6 is 0 Å². The standard InChI is InChI=1S/C12H17N3O/c1-3-12(13)7-15(8-12)11(16)10-6-4-5-9(2)14-10/h4-6H,3,7-8,13H2,1-2H3. The first-order valence-electron chi connectivity index (χ1n) is 5.56. The van der Waals surface area contributed by atoms with Gasteiger partial charge in [-0.2, -0.15) is 0 Å². The van der Waals surface area contributed by atoms with Crippen molar-refractivity contribution < 1.29 is 4.79 Å². The summed E-state index contributed by atoms with van der Waals surface area (Å²) < 4.78 is 0. The van der Waals surface area contributed by atoms with Gasteiger partial charge in [-0.05, 0) is 25.5 Å². The molecule has 0 unspecified atom stereocenters. The van der Waals surface area contributed by atoms with Gasteiger partial charge in [-0.1, -0.05) is 13.0 Å². The number of pyridine rings is 1. The van der Waals surface area contributed by atoms with Crippen molar-refractivity contribution in [2.75, 3.05) is 13.1 Å². The molecule has 1 saturated heterocycles. The van der Waals surface area contributed by atoms with Crippen LogP contribution in [-0.4, -0.2) is 34.4 Å². The molecule has 4 nitrogen and oxygen atoms in total. The Morgan fingerprint density at radius 2 is 2.25 bits per heavy atom. The van der Waals surface area contributed by atoms with Gasteiger partial charge in [-0.25, -0.2) is 4.98 Å². The maximum Gasteiger partial charge on any atom is 0.272 e. The minimum Gasteiger partial charge on any atom is -0.333 e. The normalized spacial score (nSPS) is 18.1. The number of aromatic nitrogens is 1. The lowest BCUT2D eigenvalue weighted by atomic mass is 9.88. The van der Waals surface area contributed by atoms with Crippen LogP contribution in [0.5, 0.6) is 0 Å². The number of aryl methyl sites for hydroxylation is 1. The van der Waals surface area contributed by atoms with Crippen LogP contribution in [0.15, 0.2) is 18.2 Å². The predicted octanol–water partition coefficient (Wildman–Crippen LogP) is 0.953. The number of nitrogens with zero attached hydrogens (tertiary/aromatic N) is 2. The summed E-state index contributed by atoms with van der Waals surface area (Å²) in [6.45, 7) is 5.20. The van der Waals surface area contributed by atoms with Crippen LogP contribution in [0.2, 0.25) is 0 Å². The van der Waals surface area contributed by atoms with Crippen molar-refractivity contribution in [1.29, 1.82) is 0 Å². The van der Waals surface area contributed by atoms with Gasteiger partial charge in [0.15, 0.2) is 0 Å². The Morgan fingerprint density at radius 1 is 1.56 bits per heavy atom. The van der Waals surface area contributed by atoms with Gasteiger partial charge >= 0.3 is 0 Å². The lowest BCUT2D eigenvalue weighted by Gasteiger charge is -2.47. The Kier molecular flexibility index (Phi) is 2.68. The molecule has 0 atom stereocenters. The zero-order chi connectivity index (χ0) is 11.8. The van der Waals surface area contributed by atoms with E-state index in [-0.39, 0.29) is 11.4 Å². The Labute approximate surface area is 95.5 Å². The molecule has 1 aromatic rings. The number of carbonyl (C=O) groups excluding carboxylic acids is 1. The van der Waals surface area contributed by atoms with E-state index in [9.17, 15) is 4.79 Å². The number of rotatable bonds is 2. The van der Waals surface area contributed by atoms with E-state index in [0.29, 0.717) is 18.8 Å². The molecule has 2 heterocycles. The topological polar surface area (TPSA) is 59.2 Å². The fourth-order valence-corrected chi connectivity index (χ4v) is 1.91. The van der Waals surface area contributed by atoms with Crippen LogP contribution in [0.1, 0.15) is 29.5 Å². The van der Waals surface area contributed by atoms with Crippen LogP contribution in [-0.2, 0) is 0 Å². The second-order valence-corrected chi connectivity index (χ2v) is 4.54. The van der Waals surface area contributed by atoms with Crippen molar-refractivity contribution in [3.05, 3.63) is 29.6 Å². The van der Waals surface area contributed by atoms with Gasteiger partial charge in [-0.3, -0.25) is 4.79 Å². The highest BCUT2D eigenvalue weighted by molar-refractivity contribution is 5.93. The van der Waals surface area contributed by atoms with Crippen LogP contribution in [0.3, 0.4) is 0 Å². The van der Waals surface area contributed by atoms with Crippen molar-refractivity contribution in [3.8, 4) is 0 Å². The van der Waals surface area contributed by atoms with Crippen molar-refractivity contribution in [3.63, 3.8) is 0 Å². The van der Waals surface area contributed by atoms with E-state index >= 15 is 0 Å². The lowest BCUT2D eigenvalue weighted by Crippen LogP contribution is -2.68. The average Bonchev–Trinajstić information content (AvgIpc) is 2.24. The van der Waals surface area contributed by atoms with E-state index in [1.165, 1.54) is 0 Å². The molecule has 0 spiro atoms. The van der Waals surface area contributed by atoms with Gasteiger partial charge in [0.05, 0.1) is 5.54 Å². The summed E-state index contributed by atoms with van der Waals surface area (Å²) in [4.78, 5) is 18.0. The largest absolute Gasteiger partial charge is 0.333 e. The predicted molar refractivity (Wildman–Crippen MR) is 62.1 cm³/mol. The number of hydrogen-bond donors (Lipinski definition) is 1. The van der Waals surface area contributed by atoms with E-state index in [2.05, 4.69) is 4.98 Å². The number of hydrogen-bond acceptors (Lipinski definition) is 3. The lowest BCUT2D eigenvalue weighted by molar-refractivity contribution is 0.0395. The zero-order valence-electron chi connectivity index (χ0n) is 9.73. The molecule has 86 valence electrons. The number of amides is 1. The molecule has 1 aliphatic rings. The van der Waals surface area contributed by atoms with Crippen LogP contribution in [0, 0.1) is 6.92 Å². The maximum atomic E-state index is 12.0. The minimum atomic E-state index is -0.181. The van der Waals surface area contributed by atoms with E-state index in [1.54, 1.807) is 11.0 Å². The first kappa shape index (κ1) is 11.1. The molecule has 16 heavy (non-hydrogen) atoms. The molecule has 0 aromatic carbocycles. The van der Waals surface area contributed by atoms with E-state index < -0.39 is 0 Å². The second-order valence-electron chi connectivity index (χ2n) is 4.54. The molecule has 1 fully saturated rings. The molecule has 0 radical (unpaired) electrons. The summed E-state index contributed by atoms with van der Waals surface area (Å²) >= 11 is 0. The van der Waals surface area contributed by atoms with Gasteiger partial charge < -0.3 is 10.6 Å². The smallest absolute Gasteiger partial charge is 0.272 e. The molecule has 2 N–H and O–H groups in total. The Bertz CT molecular complexity index is 410. The summed E-state index contributed by atoms with van der Waals surface area (Å²) in [5.41, 5.74) is 7.22. The Balaban J connectivity index is 2.06. The molecule has 1 aromatic heterocycles. The Hall–Kier alpha value is -1.42. The van der Waals surface area contributed by atoms with Crippen molar-refractivity contribution in [1.82, 2.24) is 9.88 Å². The summed E-state index contributed by atoms with van der Waals surface area (Å²) in [6.07, 6.45) is 0.901. The SMILES string of the molecule is CCC1(N)CN(C(=O)c2cccc(C)n2)C1. The number of carbonyl (C=O) groups is 1. The first-order valence-corrected chi connectivity index (χ1v) is 5.56. The molecule has 0 saturated carbocycles. The monoisotopic (exact) mass is 219 g/mol. The molecule has 0 aliphatic carbocycles. The third kappa shape index (κ3) is 1.93. The van der Waals surface area contributed by atoms with Gasteiger partial charge in [0.2, 0.25) is 0 Å². The first-order chi connectivity index (χ1) is 7.54. The third-order valence-corrected chi connectivity index (χ3v) is 3.11. The van der Waals surface area contributed by atoms with Crippen molar-refractivity contribution in [2.45, 2.75) is 25.8 Å². The summed E-state index contributed by atoms with van der Waals surface area (Å²) in [5.74, 6) is -0.0155. The molecular weight excluding hydrogens is 202 g/mol. The molecule has 1 amide bonds. The highest BCUT2D eigenvalue weighted by atomic mass is 16.2. The second kappa shape index (κ2) is 3.87. The quantitative estimate of drug-likeness (QED) is 0.805. The summed E-state index contributed by atoms with van der Waals surface area (Å²) in [5, 5.41) is 0. The van der Waals surface area contributed by atoms with E-state index in [4.69, 9.17) is 5.73 Å². The van der Waals surface area contributed by atoms with E-state index in [0.717, 1.165) is 12.1 Å². The number of nitrogens with two attached hydrogens (primary N) is 1. The number of likely N-dealkylation sites (tertiary alicyclic amines) is 1. The molecule has 0 bridgehead atoms. The molecular formula is C12H17N3O. The maximum absolute atomic E-state index is 12.0. The minimum absolute atomic E-state index is 0.0155. The third-order valence-electron chi connectivity index (χ3n) is 3.11. The van der Waals surface area contributed by atoms with Crippen LogP contribution < -0.4 is 5.73 Å². The molecule has 4 heteroatoms. The van der Waals surface area contributed by atoms with Crippen LogP contribution in [0.4, 0.5) is 0 Å². The van der Waals surface area contributed by atoms with Crippen molar-refractivity contribution in [2.24, 2.45) is 5.73 Å². The highest BCUT2D eigenvalue weighted by Crippen LogP contribution is 2.22. The van der Waals surface area contributed by atoms with Gasteiger partial charge in [-0.15, -0.1) is 0 Å². The van der Waals surface area contributed by atoms with Gasteiger partial charge in [0, 0.05) is 18.8 Å². The highest BCUT2D eigenvalue weighted by Gasteiger charge is 2.40. The summed E-state index contributed by atoms with van der Waals surface area (Å²) in [7, 11) is 0. The molecule has 1 aliphatic heterocycles. The van der Waals surface area contributed by atoms with Crippen LogP contribution in [0.25, 0.3) is 0 Å². The molecule has 2 rings (SSSR count).